The van der Waals surface area contributed by atoms with Crippen LogP contribution in [0.2, 0.25) is 0 Å². The third-order valence-electron chi connectivity index (χ3n) is 3.48. The second-order valence-corrected chi connectivity index (χ2v) is 5.19. The normalized spacial score (nSPS) is 20.6. The molecule has 0 aromatic carbocycles. The third kappa shape index (κ3) is 4.56. The van der Waals surface area contributed by atoms with Gasteiger partial charge in [0.15, 0.2) is 0 Å². The van der Waals surface area contributed by atoms with Crippen molar-refractivity contribution < 1.29 is 4.74 Å². The summed E-state index contributed by atoms with van der Waals surface area (Å²) < 4.78 is 5.86. The summed E-state index contributed by atoms with van der Waals surface area (Å²) in [5.74, 6) is 0. The van der Waals surface area contributed by atoms with Gasteiger partial charge in [0.1, 0.15) is 0 Å². The summed E-state index contributed by atoms with van der Waals surface area (Å²) in [6.07, 6.45) is 3.89. The molecular formula is C15H25N3O. The minimum atomic E-state index is 0.395. The monoisotopic (exact) mass is 263 g/mol. The first-order valence-corrected chi connectivity index (χ1v) is 7.30. The molecule has 1 aromatic rings. The van der Waals surface area contributed by atoms with Crippen LogP contribution < -0.4 is 5.73 Å². The van der Waals surface area contributed by atoms with Crippen LogP contribution in [0, 0.1) is 0 Å². The summed E-state index contributed by atoms with van der Waals surface area (Å²) in [6, 6.07) is 6.10. The van der Waals surface area contributed by atoms with Crippen molar-refractivity contribution in [2.75, 3.05) is 19.7 Å². The first-order valence-electron chi connectivity index (χ1n) is 7.30. The number of nitrogens with two attached hydrogens (primary N) is 1. The van der Waals surface area contributed by atoms with Crippen LogP contribution >= 0.6 is 0 Å². The van der Waals surface area contributed by atoms with E-state index in [9.17, 15) is 0 Å². The molecule has 1 fully saturated rings. The number of hydrogen-bond acceptors (Lipinski definition) is 4. The van der Waals surface area contributed by atoms with E-state index in [1.54, 1.807) is 0 Å². The first-order chi connectivity index (χ1) is 9.31. The van der Waals surface area contributed by atoms with Crippen LogP contribution in [0.1, 0.15) is 37.6 Å². The molecule has 2 heterocycles. The lowest BCUT2D eigenvalue weighted by Gasteiger charge is -2.32. The topological polar surface area (TPSA) is 51.4 Å². The van der Waals surface area contributed by atoms with Gasteiger partial charge in [-0.05, 0) is 37.9 Å². The quantitative estimate of drug-likeness (QED) is 0.852. The SMILES string of the molecule is CCCOC1CCCN(Cc2cccc(CN)n2)C1. The molecule has 1 aliphatic rings. The highest BCUT2D eigenvalue weighted by Gasteiger charge is 2.20. The molecule has 1 aromatic heterocycles. The van der Waals surface area contributed by atoms with Gasteiger partial charge in [0, 0.05) is 26.2 Å². The van der Waals surface area contributed by atoms with Gasteiger partial charge < -0.3 is 10.5 Å². The molecule has 0 radical (unpaired) electrons. The molecule has 4 nitrogen and oxygen atoms in total. The second kappa shape index (κ2) is 7.58. The van der Waals surface area contributed by atoms with E-state index in [0.29, 0.717) is 12.6 Å². The molecule has 2 N–H and O–H groups in total. The first kappa shape index (κ1) is 14.4. The number of aromatic nitrogens is 1. The fourth-order valence-electron chi connectivity index (χ4n) is 2.54. The van der Waals surface area contributed by atoms with E-state index in [-0.39, 0.29) is 0 Å². The zero-order valence-corrected chi connectivity index (χ0v) is 11.8. The van der Waals surface area contributed by atoms with Crippen molar-refractivity contribution in [3.8, 4) is 0 Å². The average molecular weight is 263 g/mol. The van der Waals surface area contributed by atoms with Crippen molar-refractivity contribution in [1.82, 2.24) is 9.88 Å². The predicted molar refractivity (Wildman–Crippen MR) is 76.7 cm³/mol. The van der Waals surface area contributed by atoms with Gasteiger partial charge in [-0.15, -0.1) is 0 Å². The van der Waals surface area contributed by atoms with E-state index in [1.165, 1.54) is 12.8 Å². The Balaban J connectivity index is 1.87. The fourth-order valence-corrected chi connectivity index (χ4v) is 2.54. The Morgan fingerprint density at radius 3 is 3.05 bits per heavy atom. The van der Waals surface area contributed by atoms with Crippen LogP contribution in [0.4, 0.5) is 0 Å². The molecule has 0 amide bonds. The van der Waals surface area contributed by atoms with Gasteiger partial charge in [-0.3, -0.25) is 9.88 Å². The van der Waals surface area contributed by atoms with Crippen molar-refractivity contribution >= 4 is 0 Å². The maximum absolute atomic E-state index is 5.86. The smallest absolute Gasteiger partial charge is 0.0702 e. The number of nitrogens with zero attached hydrogens (tertiary/aromatic N) is 2. The molecule has 1 atom stereocenters. The van der Waals surface area contributed by atoms with Crippen LogP contribution in [0.15, 0.2) is 18.2 Å². The van der Waals surface area contributed by atoms with Crippen molar-refractivity contribution in [2.45, 2.75) is 45.4 Å². The number of likely N-dealkylation sites (tertiary alicyclic amines) is 1. The summed E-state index contributed by atoms with van der Waals surface area (Å²) in [5, 5.41) is 0. The van der Waals surface area contributed by atoms with Gasteiger partial charge in [0.2, 0.25) is 0 Å². The molecule has 1 unspecified atom stereocenters. The number of ether oxygens (including phenoxy) is 1. The summed E-state index contributed by atoms with van der Waals surface area (Å²) in [4.78, 5) is 7.00. The third-order valence-corrected chi connectivity index (χ3v) is 3.48. The maximum Gasteiger partial charge on any atom is 0.0702 e. The average Bonchev–Trinajstić information content (AvgIpc) is 2.46. The molecule has 1 saturated heterocycles. The summed E-state index contributed by atoms with van der Waals surface area (Å²) in [5.41, 5.74) is 7.71. The largest absolute Gasteiger partial charge is 0.377 e. The highest BCUT2D eigenvalue weighted by molar-refractivity contribution is 5.11. The van der Waals surface area contributed by atoms with E-state index in [2.05, 4.69) is 22.9 Å². The molecular weight excluding hydrogens is 238 g/mol. The van der Waals surface area contributed by atoms with E-state index >= 15 is 0 Å². The van der Waals surface area contributed by atoms with Gasteiger partial charge in [0.05, 0.1) is 17.5 Å². The Kier molecular flexibility index (Phi) is 5.76. The molecule has 106 valence electrons. The van der Waals surface area contributed by atoms with Gasteiger partial charge >= 0.3 is 0 Å². The summed E-state index contributed by atoms with van der Waals surface area (Å²) >= 11 is 0. The maximum atomic E-state index is 5.86. The van der Waals surface area contributed by atoms with Crippen molar-refractivity contribution in [2.24, 2.45) is 5.73 Å². The zero-order chi connectivity index (χ0) is 13.5. The number of hydrogen-bond donors (Lipinski definition) is 1. The van der Waals surface area contributed by atoms with Crippen molar-refractivity contribution in [1.29, 1.82) is 0 Å². The lowest BCUT2D eigenvalue weighted by molar-refractivity contribution is -0.00253. The Morgan fingerprint density at radius 2 is 2.26 bits per heavy atom. The molecule has 1 aliphatic heterocycles. The van der Waals surface area contributed by atoms with Crippen molar-refractivity contribution in [3.63, 3.8) is 0 Å². The Morgan fingerprint density at radius 1 is 1.42 bits per heavy atom. The molecule has 0 saturated carbocycles. The summed E-state index contributed by atoms with van der Waals surface area (Å²) in [7, 11) is 0. The van der Waals surface area contributed by atoms with Crippen LogP contribution in [0.25, 0.3) is 0 Å². The standard InChI is InChI=1S/C15H25N3O/c1-2-9-19-15-7-4-8-18(12-15)11-14-6-3-5-13(10-16)17-14/h3,5-6,15H,2,4,7-12,16H2,1H3. The van der Waals surface area contributed by atoms with E-state index in [4.69, 9.17) is 10.5 Å². The van der Waals surface area contributed by atoms with Crippen LogP contribution in [-0.2, 0) is 17.8 Å². The second-order valence-electron chi connectivity index (χ2n) is 5.19. The minimum absolute atomic E-state index is 0.395. The minimum Gasteiger partial charge on any atom is -0.377 e. The van der Waals surface area contributed by atoms with Gasteiger partial charge in [-0.25, -0.2) is 0 Å². The number of pyridine rings is 1. The molecule has 19 heavy (non-hydrogen) atoms. The number of piperidine rings is 1. The molecule has 0 spiro atoms. The lowest BCUT2D eigenvalue weighted by Crippen LogP contribution is -2.39. The lowest BCUT2D eigenvalue weighted by atomic mass is 10.1. The fraction of sp³-hybridized carbons (Fsp3) is 0.667. The van der Waals surface area contributed by atoms with Gasteiger partial charge in [-0.2, -0.15) is 0 Å². The Labute approximate surface area is 116 Å². The van der Waals surface area contributed by atoms with Gasteiger partial charge in [0.25, 0.3) is 0 Å². The van der Waals surface area contributed by atoms with E-state index < -0.39 is 0 Å². The molecule has 2 rings (SSSR count). The Bertz CT molecular complexity index is 383. The molecule has 0 aliphatic carbocycles. The van der Waals surface area contributed by atoms with Crippen LogP contribution in [-0.4, -0.2) is 35.7 Å². The zero-order valence-electron chi connectivity index (χ0n) is 11.8. The predicted octanol–water partition coefficient (Wildman–Crippen LogP) is 1.93. The van der Waals surface area contributed by atoms with Crippen molar-refractivity contribution in [3.05, 3.63) is 29.6 Å². The highest BCUT2D eigenvalue weighted by atomic mass is 16.5. The highest BCUT2D eigenvalue weighted by Crippen LogP contribution is 2.15. The van der Waals surface area contributed by atoms with Crippen LogP contribution in [0.3, 0.4) is 0 Å². The number of rotatable bonds is 6. The Hall–Kier alpha value is -0.970. The van der Waals surface area contributed by atoms with Gasteiger partial charge in [-0.1, -0.05) is 13.0 Å². The molecule has 4 heteroatoms. The molecule has 0 bridgehead atoms. The van der Waals surface area contributed by atoms with E-state index in [1.807, 2.05) is 12.1 Å². The summed E-state index contributed by atoms with van der Waals surface area (Å²) in [6.45, 7) is 6.60. The van der Waals surface area contributed by atoms with Crippen LogP contribution in [0.5, 0.6) is 0 Å². The van der Waals surface area contributed by atoms with E-state index in [0.717, 1.165) is 44.0 Å².